The molecule has 1 N–H and O–H groups in total. The fourth-order valence-corrected chi connectivity index (χ4v) is 3.05. The Morgan fingerprint density at radius 1 is 1.19 bits per heavy atom. The standard InChI is InChI=1S/C19H27ClFNO3S/c1-10(2)11(3)17(23)22-15-9-16(13(20)8-14(15)21)26-12(4)18(24)25-19(5,6)7/h8-12H,1-7H3,(H,22,23). The van der Waals surface area contributed by atoms with E-state index in [0.717, 1.165) is 17.8 Å². The molecule has 1 rings (SSSR count). The van der Waals surface area contributed by atoms with Crippen LogP contribution in [0.2, 0.25) is 5.02 Å². The van der Waals surface area contributed by atoms with Crippen LogP contribution in [0.3, 0.4) is 0 Å². The monoisotopic (exact) mass is 403 g/mol. The normalized spacial score (nSPS) is 14.1. The van der Waals surface area contributed by atoms with Crippen LogP contribution in [0.25, 0.3) is 0 Å². The van der Waals surface area contributed by atoms with Gasteiger partial charge in [0.05, 0.1) is 10.7 Å². The molecule has 0 aromatic heterocycles. The van der Waals surface area contributed by atoms with E-state index in [9.17, 15) is 14.0 Å². The molecular formula is C19H27ClFNO3S. The lowest BCUT2D eigenvalue weighted by Crippen LogP contribution is -2.28. The molecule has 0 spiro atoms. The number of carbonyl (C=O) groups excluding carboxylic acids is 2. The van der Waals surface area contributed by atoms with E-state index in [1.807, 2.05) is 13.8 Å². The van der Waals surface area contributed by atoms with Crippen LogP contribution < -0.4 is 5.32 Å². The lowest BCUT2D eigenvalue weighted by Gasteiger charge is -2.22. The number of hydrogen-bond donors (Lipinski definition) is 1. The van der Waals surface area contributed by atoms with Crippen molar-refractivity contribution in [2.75, 3.05) is 5.32 Å². The second-order valence-electron chi connectivity index (χ2n) is 7.58. The molecule has 1 aromatic rings. The Morgan fingerprint density at radius 3 is 2.27 bits per heavy atom. The Morgan fingerprint density at radius 2 is 1.77 bits per heavy atom. The van der Waals surface area contributed by atoms with Crippen LogP contribution in [0.4, 0.5) is 10.1 Å². The molecule has 2 unspecified atom stereocenters. The number of carbonyl (C=O) groups is 2. The van der Waals surface area contributed by atoms with Gasteiger partial charge in [0.2, 0.25) is 5.91 Å². The quantitative estimate of drug-likeness (QED) is 0.501. The molecule has 0 saturated heterocycles. The third kappa shape index (κ3) is 6.80. The van der Waals surface area contributed by atoms with Gasteiger partial charge < -0.3 is 10.1 Å². The summed E-state index contributed by atoms with van der Waals surface area (Å²) >= 11 is 7.27. The van der Waals surface area contributed by atoms with E-state index in [2.05, 4.69) is 5.32 Å². The van der Waals surface area contributed by atoms with Gasteiger partial charge in [-0.1, -0.05) is 32.4 Å². The maximum Gasteiger partial charge on any atom is 0.319 e. The van der Waals surface area contributed by atoms with E-state index in [1.165, 1.54) is 6.07 Å². The first-order chi connectivity index (χ1) is 11.8. The Bertz CT molecular complexity index is 673. The molecule has 0 aliphatic heterocycles. The fraction of sp³-hybridized carbons (Fsp3) is 0.579. The molecule has 0 saturated carbocycles. The van der Waals surface area contributed by atoms with Crippen molar-refractivity contribution in [1.82, 2.24) is 0 Å². The SMILES string of the molecule is CC(Sc1cc(NC(=O)C(C)C(C)C)c(F)cc1Cl)C(=O)OC(C)(C)C. The van der Waals surface area contributed by atoms with Crippen LogP contribution in [0.15, 0.2) is 17.0 Å². The molecule has 0 aliphatic carbocycles. The molecule has 2 atom stereocenters. The van der Waals surface area contributed by atoms with Gasteiger partial charge in [-0.25, -0.2) is 4.39 Å². The van der Waals surface area contributed by atoms with Crippen molar-refractivity contribution in [2.24, 2.45) is 11.8 Å². The van der Waals surface area contributed by atoms with Gasteiger partial charge in [-0.15, -0.1) is 11.8 Å². The minimum atomic E-state index is -0.617. The summed E-state index contributed by atoms with van der Waals surface area (Å²) in [7, 11) is 0. The first-order valence-electron chi connectivity index (χ1n) is 8.51. The van der Waals surface area contributed by atoms with Crippen LogP contribution in [-0.2, 0) is 14.3 Å². The molecule has 4 nitrogen and oxygen atoms in total. The number of esters is 1. The minimum absolute atomic E-state index is 0.0470. The van der Waals surface area contributed by atoms with Crippen LogP contribution in [0, 0.1) is 17.7 Å². The highest BCUT2D eigenvalue weighted by Gasteiger charge is 2.24. The van der Waals surface area contributed by atoms with E-state index in [1.54, 1.807) is 34.6 Å². The second kappa shape index (κ2) is 9.09. The smallest absolute Gasteiger partial charge is 0.319 e. The first-order valence-corrected chi connectivity index (χ1v) is 9.77. The largest absolute Gasteiger partial charge is 0.459 e. The van der Waals surface area contributed by atoms with E-state index < -0.39 is 16.7 Å². The number of anilines is 1. The van der Waals surface area contributed by atoms with Gasteiger partial charge in [0.25, 0.3) is 0 Å². The predicted molar refractivity (Wildman–Crippen MR) is 105 cm³/mol. The topological polar surface area (TPSA) is 55.4 Å². The van der Waals surface area contributed by atoms with Gasteiger partial charge in [-0.2, -0.15) is 0 Å². The molecule has 26 heavy (non-hydrogen) atoms. The van der Waals surface area contributed by atoms with Gasteiger partial charge in [0.1, 0.15) is 16.7 Å². The van der Waals surface area contributed by atoms with Crippen molar-refractivity contribution < 1.29 is 18.7 Å². The summed E-state index contributed by atoms with van der Waals surface area (Å²) in [6.45, 7) is 12.7. The van der Waals surface area contributed by atoms with Crippen LogP contribution >= 0.6 is 23.4 Å². The van der Waals surface area contributed by atoms with Gasteiger partial charge in [-0.3, -0.25) is 9.59 Å². The molecule has 0 aliphatic rings. The number of nitrogens with one attached hydrogen (secondary N) is 1. The molecule has 1 aromatic carbocycles. The minimum Gasteiger partial charge on any atom is -0.459 e. The molecule has 7 heteroatoms. The number of hydrogen-bond acceptors (Lipinski definition) is 4. The molecule has 0 bridgehead atoms. The van der Waals surface area contributed by atoms with E-state index >= 15 is 0 Å². The van der Waals surface area contributed by atoms with Crippen molar-refractivity contribution in [3.05, 3.63) is 23.0 Å². The van der Waals surface area contributed by atoms with Crippen molar-refractivity contribution in [2.45, 2.75) is 64.2 Å². The molecule has 0 fully saturated rings. The second-order valence-corrected chi connectivity index (χ2v) is 9.37. The average molecular weight is 404 g/mol. The summed E-state index contributed by atoms with van der Waals surface area (Å²) in [5.41, 5.74) is -0.546. The van der Waals surface area contributed by atoms with Gasteiger partial charge in [0.15, 0.2) is 0 Å². The third-order valence-electron chi connectivity index (χ3n) is 3.74. The zero-order valence-corrected chi connectivity index (χ0v) is 17.8. The van der Waals surface area contributed by atoms with Crippen molar-refractivity contribution in [1.29, 1.82) is 0 Å². The van der Waals surface area contributed by atoms with E-state index in [4.69, 9.17) is 16.3 Å². The molecule has 0 heterocycles. The van der Waals surface area contributed by atoms with Gasteiger partial charge in [-0.05, 0) is 45.7 Å². The Kier molecular flexibility index (Phi) is 7.96. The maximum absolute atomic E-state index is 14.2. The number of benzene rings is 1. The summed E-state index contributed by atoms with van der Waals surface area (Å²) in [5.74, 6) is -1.40. The predicted octanol–water partition coefficient (Wildman–Crippen LogP) is 5.53. The number of halogens is 2. The number of thioether (sulfide) groups is 1. The highest BCUT2D eigenvalue weighted by molar-refractivity contribution is 8.00. The third-order valence-corrected chi connectivity index (χ3v) is 5.30. The van der Waals surface area contributed by atoms with Crippen molar-refractivity contribution in [3.63, 3.8) is 0 Å². The summed E-state index contributed by atoms with van der Waals surface area (Å²) in [4.78, 5) is 24.8. The molecular weight excluding hydrogens is 377 g/mol. The number of ether oxygens (including phenoxy) is 1. The van der Waals surface area contributed by atoms with Crippen molar-refractivity contribution >= 4 is 40.9 Å². The zero-order chi connectivity index (χ0) is 20.2. The van der Waals surface area contributed by atoms with E-state index in [0.29, 0.717) is 4.90 Å². The number of amides is 1. The van der Waals surface area contributed by atoms with Crippen LogP contribution in [-0.4, -0.2) is 22.7 Å². The Labute approximate surface area is 164 Å². The zero-order valence-electron chi connectivity index (χ0n) is 16.3. The van der Waals surface area contributed by atoms with Gasteiger partial charge in [0, 0.05) is 10.8 Å². The highest BCUT2D eigenvalue weighted by Crippen LogP contribution is 2.35. The fourth-order valence-electron chi connectivity index (χ4n) is 1.89. The van der Waals surface area contributed by atoms with Gasteiger partial charge >= 0.3 is 5.97 Å². The maximum atomic E-state index is 14.2. The highest BCUT2D eigenvalue weighted by atomic mass is 35.5. The molecule has 1 amide bonds. The Balaban J connectivity index is 2.97. The number of rotatable bonds is 6. The summed E-state index contributed by atoms with van der Waals surface area (Å²) in [6.07, 6.45) is 0. The van der Waals surface area contributed by atoms with E-state index in [-0.39, 0.29) is 34.4 Å². The Hall–Kier alpha value is -1.27. The molecule has 0 radical (unpaired) electrons. The van der Waals surface area contributed by atoms with Crippen LogP contribution in [0.5, 0.6) is 0 Å². The average Bonchev–Trinajstić information content (AvgIpc) is 2.49. The summed E-state index contributed by atoms with van der Waals surface area (Å²) in [6, 6.07) is 2.59. The first kappa shape index (κ1) is 22.8. The lowest BCUT2D eigenvalue weighted by molar-refractivity contribution is -0.153. The summed E-state index contributed by atoms with van der Waals surface area (Å²) in [5, 5.41) is 2.24. The van der Waals surface area contributed by atoms with Crippen LogP contribution in [0.1, 0.15) is 48.5 Å². The van der Waals surface area contributed by atoms with Crippen molar-refractivity contribution in [3.8, 4) is 0 Å². The summed E-state index contributed by atoms with van der Waals surface area (Å²) < 4.78 is 19.5. The lowest BCUT2D eigenvalue weighted by atomic mass is 9.97. The molecule has 146 valence electrons.